The SMILES string of the molecule is [CH3-].[NH-]c1ccc2c(CCl)cccc2n1.[Y]. The van der Waals surface area contributed by atoms with Crippen molar-refractivity contribution in [2.75, 3.05) is 0 Å². The van der Waals surface area contributed by atoms with Crippen LogP contribution in [0, 0.1) is 7.43 Å². The molecule has 2 nitrogen and oxygen atoms in total. The van der Waals surface area contributed by atoms with Gasteiger partial charge in [-0.3, -0.25) is 0 Å². The third kappa shape index (κ3) is 3.14. The molecule has 0 fully saturated rings. The van der Waals surface area contributed by atoms with Gasteiger partial charge in [-0.25, -0.2) is 0 Å². The van der Waals surface area contributed by atoms with Gasteiger partial charge in [0.05, 0.1) is 0 Å². The van der Waals surface area contributed by atoms with Crippen LogP contribution < -0.4 is 0 Å². The van der Waals surface area contributed by atoms with Gasteiger partial charge in [0, 0.05) is 38.6 Å². The third-order valence-corrected chi connectivity index (χ3v) is 2.25. The van der Waals surface area contributed by atoms with Crippen LogP contribution in [0.3, 0.4) is 0 Å². The first-order valence-electron chi connectivity index (χ1n) is 3.97. The molecule has 1 N–H and O–H groups in total. The van der Waals surface area contributed by atoms with Gasteiger partial charge < -0.3 is 18.1 Å². The molecule has 2 rings (SSSR count). The molecular formula is C11H11ClN2Y-2. The normalized spacial score (nSPS) is 9.13. The average Bonchev–Trinajstić information content (AvgIpc) is 2.16. The summed E-state index contributed by atoms with van der Waals surface area (Å²) in [5, 5.41) is 1.04. The summed E-state index contributed by atoms with van der Waals surface area (Å²) in [6.07, 6.45) is 0. The van der Waals surface area contributed by atoms with Crippen molar-refractivity contribution in [3.63, 3.8) is 0 Å². The van der Waals surface area contributed by atoms with E-state index in [1.54, 1.807) is 6.07 Å². The quantitative estimate of drug-likeness (QED) is 0.576. The van der Waals surface area contributed by atoms with E-state index in [0.717, 1.165) is 16.5 Å². The molecule has 0 aliphatic carbocycles. The fourth-order valence-corrected chi connectivity index (χ4v) is 1.57. The summed E-state index contributed by atoms with van der Waals surface area (Å²) < 4.78 is 0. The summed E-state index contributed by atoms with van der Waals surface area (Å²) >= 11 is 5.77. The van der Waals surface area contributed by atoms with Crippen molar-refractivity contribution >= 4 is 28.3 Å². The Morgan fingerprint density at radius 2 is 1.93 bits per heavy atom. The summed E-state index contributed by atoms with van der Waals surface area (Å²) in [4.78, 5) is 4.09. The van der Waals surface area contributed by atoms with E-state index in [0.29, 0.717) is 11.7 Å². The predicted molar refractivity (Wildman–Crippen MR) is 61.7 cm³/mol. The van der Waals surface area contributed by atoms with E-state index >= 15 is 0 Å². The molecule has 1 heterocycles. The number of nitrogens with zero attached hydrogens (tertiary/aromatic N) is 1. The van der Waals surface area contributed by atoms with E-state index < -0.39 is 0 Å². The van der Waals surface area contributed by atoms with Gasteiger partial charge in [0.15, 0.2) is 0 Å². The molecule has 2 aromatic rings. The van der Waals surface area contributed by atoms with Gasteiger partial charge in [-0.1, -0.05) is 36.1 Å². The number of halogens is 1. The van der Waals surface area contributed by atoms with E-state index in [9.17, 15) is 0 Å². The van der Waals surface area contributed by atoms with Crippen LogP contribution in [-0.2, 0) is 38.6 Å². The van der Waals surface area contributed by atoms with Crippen molar-refractivity contribution in [2.45, 2.75) is 5.88 Å². The second kappa shape index (κ2) is 6.42. The average molecular weight is 296 g/mol. The Labute approximate surface area is 120 Å². The molecule has 0 saturated heterocycles. The van der Waals surface area contributed by atoms with Crippen LogP contribution in [0.15, 0.2) is 30.3 Å². The molecule has 0 atom stereocenters. The maximum absolute atomic E-state index is 7.36. The van der Waals surface area contributed by atoms with Gasteiger partial charge in [-0.15, -0.1) is 11.6 Å². The first-order chi connectivity index (χ1) is 6.31. The zero-order valence-corrected chi connectivity index (χ0v) is 12.1. The number of nitrogens with one attached hydrogen (secondary N) is 1. The minimum Gasteiger partial charge on any atom is -0.482 e. The number of pyridine rings is 1. The Morgan fingerprint density at radius 1 is 1.20 bits per heavy atom. The molecule has 77 valence electrons. The smallest absolute Gasteiger partial charge is 0.0480 e. The number of benzene rings is 1. The van der Waals surface area contributed by atoms with Crippen molar-refractivity contribution < 1.29 is 32.7 Å². The first kappa shape index (κ1) is 14.8. The van der Waals surface area contributed by atoms with Crippen LogP contribution in [0.25, 0.3) is 16.6 Å². The van der Waals surface area contributed by atoms with Gasteiger partial charge in [-0.2, -0.15) is 0 Å². The first-order valence-corrected chi connectivity index (χ1v) is 4.51. The molecule has 15 heavy (non-hydrogen) atoms. The summed E-state index contributed by atoms with van der Waals surface area (Å²) in [5.41, 5.74) is 9.26. The molecule has 0 aliphatic rings. The van der Waals surface area contributed by atoms with Gasteiger partial charge >= 0.3 is 0 Å². The maximum Gasteiger partial charge on any atom is 0.0480 e. The van der Waals surface area contributed by atoms with E-state index in [1.165, 1.54) is 0 Å². The molecule has 4 heteroatoms. The number of fused-ring (bicyclic) bond motifs is 1. The monoisotopic (exact) mass is 295 g/mol. The second-order valence-electron chi connectivity index (χ2n) is 2.81. The summed E-state index contributed by atoms with van der Waals surface area (Å²) in [7, 11) is 0. The number of alkyl halides is 1. The van der Waals surface area contributed by atoms with Gasteiger partial charge in [0.2, 0.25) is 0 Å². The Hall–Kier alpha value is -0.176. The molecule has 1 aromatic carbocycles. The van der Waals surface area contributed by atoms with Crippen molar-refractivity contribution in [2.24, 2.45) is 0 Å². The molecule has 0 aliphatic heterocycles. The van der Waals surface area contributed by atoms with E-state index in [2.05, 4.69) is 4.98 Å². The molecule has 0 saturated carbocycles. The summed E-state index contributed by atoms with van der Waals surface area (Å²) in [6.45, 7) is 0. The Bertz CT molecular complexity index is 446. The van der Waals surface area contributed by atoms with Crippen LogP contribution in [0.2, 0.25) is 0 Å². The molecule has 0 spiro atoms. The molecule has 1 aromatic heterocycles. The van der Waals surface area contributed by atoms with Gasteiger partial charge in [0.25, 0.3) is 0 Å². The Kier molecular flexibility index (Phi) is 6.34. The third-order valence-electron chi connectivity index (χ3n) is 1.97. The standard InChI is InChI=1S/C10H8ClN2.CH3.Y/c11-6-7-2-1-3-9-8(7)4-5-10(12)13-9;;/h1-5H,6H2,(H-,12,13);1H3;/q2*-1;. The minimum absolute atomic E-state index is 0. The van der Waals surface area contributed by atoms with Crippen LogP contribution in [0.5, 0.6) is 0 Å². The molecule has 0 amide bonds. The summed E-state index contributed by atoms with van der Waals surface area (Å²) in [6, 6.07) is 9.34. The van der Waals surface area contributed by atoms with E-state index in [-0.39, 0.29) is 40.1 Å². The zero-order chi connectivity index (χ0) is 9.26. The van der Waals surface area contributed by atoms with E-state index in [1.807, 2.05) is 24.3 Å². The fraction of sp³-hybridized carbons (Fsp3) is 0.0909. The minimum atomic E-state index is 0. The largest absolute Gasteiger partial charge is 0.482 e. The number of aromatic nitrogens is 1. The zero-order valence-electron chi connectivity index (χ0n) is 8.50. The fourth-order valence-electron chi connectivity index (χ4n) is 1.34. The second-order valence-corrected chi connectivity index (χ2v) is 3.08. The molecule has 1 radical (unpaired) electrons. The van der Waals surface area contributed by atoms with Crippen molar-refractivity contribution in [3.8, 4) is 0 Å². The van der Waals surface area contributed by atoms with Gasteiger partial charge in [-0.05, 0) is 16.5 Å². The van der Waals surface area contributed by atoms with Gasteiger partial charge in [0.1, 0.15) is 0 Å². The van der Waals surface area contributed by atoms with Crippen LogP contribution in [0.1, 0.15) is 5.56 Å². The number of rotatable bonds is 1. The number of hydrogen-bond donors (Lipinski definition) is 0. The predicted octanol–water partition coefficient (Wildman–Crippen LogP) is 4.11. The van der Waals surface area contributed by atoms with Crippen molar-refractivity contribution in [1.82, 2.24) is 4.98 Å². The molecule has 0 bridgehead atoms. The number of hydrogen-bond acceptors (Lipinski definition) is 1. The maximum atomic E-state index is 7.36. The molecular weight excluding hydrogens is 284 g/mol. The Morgan fingerprint density at radius 3 is 2.60 bits per heavy atom. The molecule has 0 unspecified atom stereocenters. The topological polar surface area (TPSA) is 36.7 Å². The van der Waals surface area contributed by atoms with Crippen LogP contribution >= 0.6 is 11.6 Å². The van der Waals surface area contributed by atoms with Crippen molar-refractivity contribution in [3.05, 3.63) is 49.1 Å². The Balaban J connectivity index is 0.000000980. The van der Waals surface area contributed by atoms with Crippen LogP contribution in [-0.4, -0.2) is 4.98 Å². The van der Waals surface area contributed by atoms with E-state index in [4.69, 9.17) is 17.3 Å². The van der Waals surface area contributed by atoms with Crippen LogP contribution in [0.4, 0.5) is 5.82 Å². The summed E-state index contributed by atoms with van der Waals surface area (Å²) in [5.74, 6) is 0.773. The van der Waals surface area contributed by atoms with Crippen molar-refractivity contribution in [1.29, 1.82) is 0 Å².